The monoisotopic (exact) mass is 323 g/mol. The highest BCUT2D eigenvalue weighted by Gasteiger charge is 2.26. The van der Waals surface area contributed by atoms with Crippen molar-refractivity contribution in [3.8, 4) is 0 Å². The molecule has 0 aromatic heterocycles. The SMILES string of the molecule is C=CCCN(Cc1ccccc1)C(Cc1ccccc1)C(=O)OC. The maximum atomic E-state index is 12.4. The second kappa shape index (κ2) is 9.68. The molecule has 0 aliphatic rings. The molecular formula is C21H25NO2. The number of methoxy groups -OCH3 is 1. The van der Waals surface area contributed by atoms with Crippen LogP contribution in [0.2, 0.25) is 0 Å². The van der Waals surface area contributed by atoms with Crippen molar-refractivity contribution in [3.63, 3.8) is 0 Å². The molecule has 2 aromatic carbocycles. The van der Waals surface area contributed by atoms with Crippen LogP contribution in [0, 0.1) is 0 Å². The molecular weight excluding hydrogens is 298 g/mol. The van der Waals surface area contributed by atoms with Gasteiger partial charge >= 0.3 is 5.97 Å². The van der Waals surface area contributed by atoms with E-state index in [4.69, 9.17) is 4.74 Å². The van der Waals surface area contributed by atoms with Crippen molar-refractivity contribution in [2.45, 2.75) is 25.4 Å². The van der Waals surface area contributed by atoms with Crippen molar-refractivity contribution < 1.29 is 9.53 Å². The fraction of sp³-hybridized carbons (Fsp3) is 0.286. The molecule has 0 radical (unpaired) electrons. The Hall–Kier alpha value is -2.39. The Morgan fingerprint density at radius 3 is 2.21 bits per heavy atom. The maximum absolute atomic E-state index is 12.4. The van der Waals surface area contributed by atoms with Gasteiger partial charge in [0.15, 0.2) is 0 Å². The van der Waals surface area contributed by atoms with Gasteiger partial charge in [-0.1, -0.05) is 66.7 Å². The Balaban J connectivity index is 2.22. The second-order valence-electron chi connectivity index (χ2n) is 5.76. The molecule has 2 rings (SSSR count). The molecule has 0 saturated carbocycles. The van der Waals surface area contributed by atoms with Gasteiger partial charge in [0, 0.05) is 13.1 Å². The molecule has 2 aromatic rings. The number of esters is 1. The quantitative estimate of drug-likeness (QED) is 0.518. The molecule has 0 bridgehead atoms. The molecule has 0 spiro atoms. The van der Waals surface area contributed by atoms with Crippen LogP contribution < -0.4 is 0 Å². The molecule has 0 aliphatic heterocycles. The molecule has 0 N–H and O–H groups in total. The summed E-state index contributed by atoms with van der Waals surface area (Å²) in [6.45, 7) is 5.28. The lowest BCUT2D eigenvalue weighted by Gasteiger charge is -2.30. The third-order valence-corrected chi connectivity index (χ3v) is 4.03. The van der Waals surface area contributed by atoms with E-state index in [2.05, 4.69) is 23.6 Å². The van der Waals surface area contributed by atoms with Gasteiger partial charge in [-0.05, 0) is 24.0 Å². The number of hydrogen-bond donors (Lipinski definition) is 0. The van der Waals surface area contributed by atoms with Gasteiger partial charge in [-0.15, -0.1) is 6.58 Å². The van der Waals surface area contributed by atoms with Crippen molar-refractivity contribution >= 4 is 5.97 Å². The summed E-state index contributed by atoms with van der Waals surface area (Å²) in [5.41, 5.74) is 2.31. The second-order valence-corrected chi connectivity index (χ2v) is 5.76. The van der Waals surface area contributed by atoms with Crippen LogP contribution in [0.1, 0.15) is 17.5 Å². The van der Waals surface area contributed by atoms with Gasteiger partial charge in [0.25, 0.3) is 0 Å². The Morgan fingerprint density at radius 1 is 1.08 bits per heavy atom. The molecule has 0 aliphatic carbocycles. The topological polar surface area (TPSA) is 29.5 Å². The van der Waals surface area contributed by atoms with E-state index in [0.29, 0.717) is 13.0 Å². The van der Waals surface area contributed by atoms with Gasteiger partial charge in [-0.3, -0.25) is 9.69 Å². The first kappa shape index (κ1) is 18.0. The van der Waals surface area contributed by atoms with Crippen molar-refractivity contribution in [3.05, 3.63) is 84.4 Å². The molecule has 0 saturated heterocycles. The normalized spacial score (nSPS) is 11.9. The largest absolute Gasteiger partial charge is 0.468 e. The van der Waals surface area contributed by atoms with E-state index in [1.165, 1.54) is 12.7 Å². The highest BCUT2D eigenvalue weighted by atomic mass is 16.5. The van der Waals surface area contributed by atoms with Crippen molar-refractivity contribution in [1.29, 1.82) is 0 Å². The van der Waals surface area contributed by atoms with E-state index >= 15 is 0 Å². The Morgan fingerprint density at radius 2 is 1.67 bits per heavy atom. The fourth-order valence-electron chi connectivity index (χ4n) is 2.76. The van der Waals surface area contributed by atoms with E-state index in [-0.39, 0.29) is 12.0 Å². The average Bonchev–Trinajstić information content (AvgIpc) is 2.64. The van der Waals surface area contributed by atoms with Gasteiger partial charge in [-0.25, -0.2) is 0 Å². The summed E-state index contributed by atoms with van der Waals surface area (Å²) in [4.78, 5) is 14.6. The van der Waals surface area contributed by atoms with Gasteiger partial charge in [-0.2, -0.15) is 0 Å². The molecule has 1 atom stereocenters. The zero-order chi connectivity index (χ0) is 17.2. The lowest BCUT2D eigenvalue weighted by atomic mass is 10.0. The molecule has 3 nitrogen and oxygen atoms in total. The smallest absolute Gasteiger partial charge is 0.323 e. The number of nitrogens with zero attached hydrogens (tertiary/aromatic N) is 1. The minimum absolute atomic E-state index is 0.196. The summed E-state index contributed by atoms with van der Waals surface area (Å²) >= 11 is 0. The van der Waals surface area contributed by atoms with Crippen LogP contribution >= 0.6 is 0 Å². The van der Waals surface area contributed by atoms with Crippen molar-refractivity contribution in [2.75, 3.05) is 13.7 Å². The molecule has 126 valence electrons. The van der Waals surface area contributed by atoms with Crippen LogP contribution in [0.4, 0.5) is 0 Å². The van der Waals surface area contributed by atoms with E-state index in [0.717, 1.165) is 18.5 Å². The predicted octanol–water partition coefficient (Wildman–Crippen LogP) is 3.85. The van der Waals surface area contributed by atoms with Crippen molar-refractivity contribution in [1.82, 2.24) is 4.90 Å². The number of rotatable bonds is 9. The summed E-state index contributed by atoms with van der Waals surface area (Å²) in [6.07, 6.45) is 3.35. The molecule has 0 heterocycles. The highest BCUT2D eigenvalue weighted by molar-refractivity contribution is 5.76. The van der Waals surface area contributed by atoms with E-state index in [1.807, 2.05) is 54.6 Å². The first-order valence-corrected chi connectivity index (χ1v) is 8.25. The van der Waals surface area contributed by atoms with Crippen LogP contribution in [0.3, 0.4) is 0 Å². The molecule has 0 fully saturated rings. The zero-order valence-corrected chi connectivity index (χ0v) is 14.2. The predicted molar refractivity (Wildman–Crippen MR) is 97.6 cm³/mol. The van der Waals surface area contributed by atoms with Crippen LogP contribution in [-0.2, 0) is 22.5 Å². The first-order chi connectivity index (χ1) is 11.7. The molecule has 24 heavy (non-hydrogen) atoms. The van der Waals surface area contributed by atoms with E-state index < -0.39 is 0 Å². The molecule has 0 amide bonds. The summed E-state index contributed by atoms with van der Waals surface area (Å²) in [6, 6.07) is 20.0. The van der Waals surface area contributed by atoms with E-state index in [1.54, 1.807) is 0 Å². The van der Waals surface area contributed by atoms with Gasteiger partial charge in [0.1, 0.15) is 6.04 Å². The van der Waals surface area contributed by atoms with E-state index in [9.17, 15) is 4.79 Å². The number of hydrogen-bond acceptors (Lipinski definition) is 3. The standard InChI is InChI=1S/C21H25NO2/c1-3-4-15-22(17-19-13-9-6-10-14-19)20(21(23)24-2)16-18-11-7-5-8-12-18/h3,5-14,20H,1,4,15-17H2,2H3. The van der Waals surface area contributed by atoms with Crippen LogP contribution in [-0.4, -0.2) is 30.6 Å². The minimum atomic E-state index is -0.308. The summed E-state index contributed by atoms with van der Waals surface area (Å²) in [5, 5.41) is 0. The maximum Gasteiger partial charge on any atom is 0.323 e. The van der Waals surface area contributed by atoms with Gasteiger partial charge in [0.05, 0.1) is 7.11 Å². The summed E-state index contributed by atoms with van der Waals surface area (Å²) in [5.74, 6) is -0.196. The Labute approximate surface area is 144 Å². The summed E-state index contributed by atoms with van der Waals surface area (Å²) in [7, 11) is 1.45. The number of carbonyl (C=O) groups is 1. The van der Waals surface area contributed by atoms with Crippen LogP contribution in [0.25, 0.3) is 0 Å². The Bertz CT molecular complexity index is 625. The van der Waals surface area contributed by atoms with Gasteiger partial charge in [0.2, 0.25) is 0 Å². The minimum Gasteiger partial charge on any atom is -0.468 e. The van der Waals surface area contributed by atoms with Crippen LogP contribution in [0.5, 0.6) is 0 Å². The Kier molecular flexibility index (Phi) is 7.24. The highest BCUT2D eigenvalue weighted by Crippen LogP contribution is 2.15. The number of ether oxygens (including phenoxy) is 1. The van der Waals surface area contributed by atoms with Crippen LogP contribution in [0.15, 0.2) is 73.3 Å². The third kappa shape index (κ3) is 5.36. The number of benzene rings is 2. The lowest BCUT2D eigenvalue weighted by Crippen LogP contribution is -2.43. The molecule has 3 heteroatoms. The third-order valence-electron chi connectivity index (χ3n) is 4.03. The number of carbonyl (C=O) groups excluding carboxylic acids is 1. The molecule has 1 unspecified atom stereocenters. The fourth-order valence-corrected chi connectivity index (χ4v) is 2.76. The van der Waals surface area contributed by atoms with Gasteiger partial charge < -0.3 is 4.74 Å². The average molecular weight is 323 g/mol. The van der Waals surface area contributed by atoms with Crippen molar-refractivity contribution in [2.24, 2.45) is 0 Å². The zero-order valence-electron chi connectivity index (χ0n) is 14.2. The lowest BCUT2D eigenvalue weighted by molar-refractivity contribution is -0.147. The summed E-state index contributed by atoms with van der Waals surface area (Å²) < 4.78 is 5.08. The first-order valence-electron chi connectivity index (χ1n) is 8.25.